The zero-order valence-electron chi connectivity index (χ0n) is 14.7. The molecule has 24 heavy (non-hydrogen) atoms. The minimum atomic E-state index is -0.216. The van der Waals surface area contributed by atoms with Crippen LogP contribution in [0.4, 0.5) is 0 Å². The summed E-state index contributed by atoms with van der Waals surface area (Å²) in [6.45, 7) is 6.51. The molecule has 0 bridgehead atoms. The van der Waals surface area contributed by atoms with E-state index in [-0.39, 0.29) is 22.8 Å². The van der Waals surface area contributed by atoms with E-state index in [0.717, 1.165) is 31.4 Å². The van der Waals surface area contributed by atoms with E-state index in [1.807, 2.05) is 12.1 Å². The van der Waals surface area contributed by atoms with E-state index < -0.39 is 0 Å². The summed E-state index contributed by atoms with van der Waals surface area (Å²) in [7, 11) is 0. The van der Waals surface area contributed by atoms with Crippen LogP contribution in [0.5, 0.6) is 5.88 Å². The van der Waals surface area contributed by atoms with Gasteiger partial charge >= 0.3 is 0 Å². The van der Waals surface area contributed by atoms with E-state index in [4.69, 9.17) is 0 Å². The molecular weight excluding hydrogens is 300 g/mol. The van der Waals surface area contributed by atoms with Crippen LogP contribution in [-0.4, -0.2) is 14.7 Å². The van der Waals surface area contributed by atoms with Crippen LogP contribution in [-0.2, 0) is 5.41 Å². The highest BCUT2D eigenvalue weighted by Gasteiger charge is 2.23. The molecule has 0 unspecified atom stereocenters. The first kappa shape index (κ1) is 16.7. The Morgan fingerprint density at radius 3 is 2.29 bits per heavy atom. The van der Waals surface area contributed by atoms with Gasteiger partial charge in [-0.2, -0.15) is 4.98 Å². The summed E-state index contributed by atoms with van der Waals surface area (Å²) in [5.41, 5.74) is 1.90. The van der Waals surface area contributed by atoms with Gasteiger partial charge in [-0.15, -0.1) is 0 Å². The molecule has 128 valence electrons. The standard InChI is InChI=1S/C20H26N2O2/c1-20(2,3)15-9-11-16(12-10-15)22-18(24)13-17(23)21-19(22)14-7-5-4-6-8-14/h9-14,23H,4-8H2,1-3H3. The maximum Gasteiger partial charge on any atom is 0.261 e. The van der Waals surface area contributed by atoms with Gasteiger partial charge in [0, 0.05) is 5.92 Å². The first-order valence-corrected chi connectivity index (χ1v) is 8.80. The second-order valence-electron chi connectivity index (χ2n) is 7.78. The third-order valence-electron chi connectivity index (χ3n) is 4.89. The lowest BCUT2D eigenvalue weighted by Crippen LogP contribution is -2.25. The Bertz CT molecular complexity index is 764. The minimum Gasteiger partial charge on any atom is -0.493 e. The summed E-state index contributed by atoms with van der Waals surface area (Å²) in [6.07, 6.45) is 5.59. The summed E-state index contributed by atoms with van der Waals surface area (Å²) in [4.78, 5) is 16.9. The van der Waals surface area contributed by atoms with Gasteiger partial charge in [0.25, 0.3) is 5.56 Å². The van der Waals surface area contributed by atoms with Crippen molar-refractivity contribution < 1.29 is 5.11 Å². The molecule has 0 radical (unpaired) electrons. The molecule has 0 saturated heterocycles. The van der Waals surface area contributed by atoms with E-state index in [0.29, 0.717) is 5.82 Å². The van der Waals surface area contributed by atoms with Gasteiger partial charge in [-0.3, -0.25) is 9.36 Å². The van der Waals surface area contributed by atoms with Crippen molar-refractivity contribution in [1.82, 2.24) is 9.55 Å². The van der Waals surface area contributed by atoms with Crippen molar-refractivity contribution in [2.75, 3.05) is 0 Å². The molecule has 1 heterocycles. The van der Waals surface area contributed by atoms with Crippen molar-refractivity contribution in [2.24, 2.45) is 0 Å². The first-order valence-electron chi connectivity index (χ1n) is 8.80. The summed E-state index contributed by atoms with van der Waals surface area (Å²) < 4.78 is 1.67. The van der Waals surface area contributed by atoms with Crippen LogP contribution in [0.15, 0.2) is 35.1 Å². The highest BCUT2D eigenvalue weighted by atomic mass is 16.3. The highest BCUT2D eigenvalue weighted by molar-refractivity contribution is 5.39. The van der Waals surface area contributed by atoms with E-state index in [9.17, 15) is 9.90 Å². The van der Waals surface area contributed by atoms with Gasteiger partial charge in [0.1, 0.15) is 5.82 Å². The maximum atomic E-state index is 12.5. The summed E-state index contributed by atoms with van der Waals surface area (Å²) in [5, 5.41) is 9.82. The zero-order chi connectivity index (χ0) is 17.3. The number of nitrogens with zero attached hydrogens (tertiary/aromatic N) is 2. The number of rotatable bonds is 2. The quantitative estimate of drug-likeness (QED) is 0.896. The van der Waals surface area contributed by atoms with Crippen LogP contribution >= 0.6 is 0 Å². The van der Waals surface area contributed by atoms with Crippen molar-refractivity contribution >= 4 is 0 Å². The Morgan fingerprint density at radius 2 is 1.71 bits per heavy atom. The SMILES string of the molecule is CC(C)(C)c1ccc(-n2c(C3CCCCC3)nc(O)cc2=O)cc1. The average molecular weight is 326 g/mol. The van der Waals surface area contributed by atoms with Crippen LogP contribution in [0, 0.1) is 0 Å². The van der Waals surface area contributed by atoms with Crippen molar-refractivity contribution in [3.63, 3.8) is 0 Å². The first-order chi connectivity index (χ1) is 11.4. The molecule has 0 atom stereocenters. The van der Waals surface area contributed by atoms with Gasteiger partial charge in [0.05, 0.1) is 11.8 Å². The fourth-order valence-corrected chi connectivity index (χ4v) is 3.49. The lowest BCUT2D eigenvalue weighted by Gasteiger charge is -2.24. The lowest BCUT2D eigenvalue weighted by molar-refractivity contribution is 0.402. The normalized spacial score (nSPS) is 16.3. The minimum absolute atomic E-state index is 0.0723. The predicted molar refractivity (Wildman–Crippen MR) is 96.0 cm³/mol. The highest BCUT2D eigenvalue weighted by Crippen LogP contribution is 2.33. The molecule has 4 nitrogen and oxygen atoms in total. The number of aromatic hydroxyl groups is 1. The van der Waals surface area contributed by atoms with E-state index in [2.05, 4.69) is 37.9 Å². The van der Waals surface area contributed by atoms with Gasteiger partial charge in [0.15, 0.2) is 0 Å². The molecule has 1 saturated carbocycles. The lowest BCUT2D eigenvalue weighted by atomic mass is 9.87. The monoisotopic (exact) mass is 326 g/mol. The van der Waals surface area contributed by atoms with Crippen LogP contribution < -0.4 is 5.56 Å². The third kappa shape index (κ3) is 3.37. The van der Waals surface area contributed by atoms with Crippen molar-refractivity contribution in [3.05, 3.63) is 52.1 Å². The molecule has 0 spiro atoms. The topological polar surface area (TPSA) is 55.1 Å². The van der Waals surface area contributed by atoms with Crippen LogP contribution in [0.25, 0.3) is 5.69 Å². The number of hydrogen-bond acceptors (Lipinski definition) is 3. The fourth-order valence-electron chi connectivity index (χ4n) is 3.49. The van der Waals surface area contributed by atoms with E-state index >= 15 is 0 Å². The van der Waals surface area contributed by atoms with Crippen molar-refractivity contribution in [1.29, 1.82) is 0 Å². The van der Waals surface area contributed by atoms with E-state index in [1.165, 1.54) is 18.1 Å². The molecule has 1 aromatic carbocycles. The molecule has 1 N–H and O–H groups in total. The molecule has 4 heteroatoms. The second-order valence-corrected chi connectivity index (χ2v) is 7.78. The molecule has 0 aliphatic heterocycles. The molecule has 1 aliphatic rings. The molecule has 2 aromatic rings. The van der Waals surface area contributed by atoms with E-state index in [1.54, 1.807) is 4.57 Å². The molecule has 1 aromatic heterocycles. The summed E-state index contributed by atoms with van der Waals surface area (Å²) >= 11 is 0. The Morgan fingerprint density at radius 1 is 1.08 bits per heavy atom. The Kier molecular flexibility index (Phi) is 4.48. The van der Waals surface area contributed by atoms with Crippen molar-refractivity contribution in [3.8, 4) is 11.6 Å². The second kappa shape index (κ2) is 6.42. The molecule has 1 aliphatic carbocycles. The number of aromatic nitrogens is 2. The van der Waals surface area contributed by atoms with Crippen LogP contribution in [0.3, 0.4) is 0 Å². The summed E-state index contributed by atoms with van der Waals surface area (Å²) in [6, 6.07) is 9.29. The van der Waals surface area contributed by atoms with Crippen molar-refractivity contribution in [2.45, 2.75) is 64.2 Å². The Labute approximate surface area is 143 Å². The molecular formula is C20H26N2O2. The van der Waals surface area contributed by atoms with Gasteiger partial charge in [-0.25, -0.2) is 0 Å². The number of hydrogen-bond donors (Lipinski definition) is 1. The maximum absolute atomic E-state index is 12.5. The smallest absolute Gasteiger partial charge is 0.261 e. The molecule has 0 amide bonds. The fraction of sp³-hybridized carbons (Fsp3) is 0.500. The number of benzene rings is 1. The zero-order valence-corrected chi connectivity index (χ0v) is 14.7. The Balaban J connectivity index is 2.08. The van der Waals surface area contributed by atoms with Crippen LogP contribution in [0.2, 0.25) is 0 Å². The average Bonchev–Trinajstić information content (AvgIpc) is 2.54. The molecule has 1 fully saturated rings. The van der Waals surface area contributed by atoms with Gasteiger partial charge in [0.2, 0.25) is 5.88 Å². The van der Waals surface area contributed by atoms with Crippen LogP contribution in [0.1, 0.15) is 70.2 Å². The molecule has 3 rings (SSSR count). The largest absolute Gasteiger partial charge is 0.493 e. The summed E-state index contributed by atoms with van der Waals surface area (Å²) in [5.74, 6) is 0.757. The third-order valence-corrected chi connectivity index (χ3v) is 4.89. The predicted octanol–water partition coefficient (Wildman–Crippen LogP) is 4.28. The Hall–Kier alpha value is -2.10. The van der Waals surface area contributed by atoms with Gasteiger partial charge in [-0.05, 0) is 36.0 Å². The van der Waals surface area contributed by atoms with Gasteiger partial charge in [-0.1, -0.05) is 52.2 Å². The van der Waals surface area contributed by atoms with Gasteiger partial charge < -0.3 is 5.11 Å².